The lowest BCUT2D eigenvalue weighted by molar-refractivity contribution is -0.149. The Morgan fingerprint density at radius 1 is 1.14 bits per heavy atom. The number of ether oxygens (including phenoxy) is 2. The van der Waals surface area contributed by atoms with Crippen molar-refractivity contribution in [2.24, 2.45) is 5.92 Å². The molecule has 0 heterocycles. The van der Waals surface area contributed by atoms with Gasteiger partial charge in [-0.1, -0.05) is 31.9 Å². The quantitative estimate of drug-likeness (QED) is 0.579. The molecule has 0 saturated heterocycles. The molecule has 0 N–H and O–H groups in total. The molecule has 0 aromatic carbocycles. The molecule has 0 atom stereocenters. The summed E-state index contributed by atoms with van der Waals surface area (Å²) in [4.78, 5) is 21.6. The first kappa shape index (κ1) is 20.4. The first-order valence-electron chi connectivity index (χ1n) is 7.81. The van der Waals surface area contributed by atoms with Crippen LogP contribution < -0.4 is 0 Å². The number of hydrogen-bond donors (Lipinski definition) is 0. The van der Waals surface area contributed by atoms with Gasteiger partial charge in [0.25, 0.3) is 0 Å². The molecule has 0 radical (unpaired) electrons. The van der Waals surface area contributed by atoms with Gasteiger partial charge in [-0.05, 0) is 46.5 Å². The van der Waals surface area contributed by atoms with Crippen molar-refractivity contribution in [2.45, 2.75) is 65.4 Å². The van der Waals surface area contributed by atoms with Crippen LogP contribution in [-0.4, -0.2) is 24.6 Å². The summed E-state index contributed by atoms with van der Waals surface area (Å²) in [7, 11) is 1.31. The first-order valence-corrected chi connectivity index (χ1v) is 7.81. The Kier molecular flexibility index (Phi) is 9.46. The molecule has 4 heteroatoms. The van der Waals surface area contributed by atoms with Gasteiger partial charge in [-0.2, -0.15) is 0 Å². The summed E-state index contributed by atoms with van der Waals surface area (Å²) < 4.78 is 9.48. The van der Waals surface area contributed by atoms with Crippen LogP contribution in [0.5, 0.6) is 0 Å². The molecule has 4 nitrogen and oxygen atoms in total. The Bertz CT molecular complexity index is 396. The second-order valence-electron chi connectivity index (χ2n) is 6.48. The van der Waals surface area contributed by atoms with Crippen LogP contribution in [0.25, 0.3) is 0 Å². The maximum Gasteiger partial charge on any atom is 0.333 e. The Balaban J connectivity index is 0.000000626. The van der Waals surface area contributed by atoms with Crippen molar-refractivity contribution in [1.82, 2.24) is 0 Å². The average molecular weight is 310 g/mol. The van der Waals surface area contributed by atoms with E-state index in [1.807, 2.05) is 27.7 Å². The van der Waals surface area contributed by atoms with Gasteiger partial charge in [-0.3, -0.25) is 0 Å². The van der Waals surface area contributed by atoms with E-state index in [2.05, 4.69) is 17.4 Å². The van der Waals surface area contributed by atoms with Crippen molar-refractivity contribution < 1.29 is 19.1 Å². The zero-order valence-electron chi connectivity index (χ0n) is 14.6. The molecule has 0 aromatic heterocycles. The van der Waals surface area contributed by atoms with E-state index in [4.69, 9.17) is 4.74 Å². The zero-order chi connectivity index (χ0) is 17.2. The van der Waals surface area contributed by atoms with Gasteiger partial charge < -0.3 is 9.47 Å². The number of carbonyl (C=O) groups is 2. The summed E-state index contributed by atoms with van der Waals surface area (Å²) in [6.07, 6.45) is 9.59. The highest BCUT2D eigenvalue weighted by Gasteiger charge is 2.19. The van der Waals surface area contributed by atoms with Gasteiger partial charge in [0.05, 0.1) is 7.11 Å². The number of allylic oxidation sites excluding steroid dienone is 1. The second-order valence-corrected chi connectivity index (χ2v) is 6.48. The number of esters is 2. The maximum absolute atomic E-state index is 11.7. The van der Waals surface area contributed by atoms with Crippen LogP contribution >= 0.6 is 0 Å². The Hall–Kier alpha value is -1.58. The predicted molar refractivity (Wildman–Crippen MR) is 88.4 cm³/mol. The van der Waals surface area contributed by atoms with E-state index in [0.717, 1.165) is 11.6 Å². The number of methoxy groups -OCH3 is 1. The van der Waals surface area contributed by atoms with Crippen LogP contribution in [0.2, 0.25) is 0 Å². The van der Waals surface area contributed by atoms with Gasteiger partial charge in [0, 0.05) is 11.6 Å². The Labute approximate surface area is 134 Å². The molecular weight excluding hydrogens is 280 g/mol. The van der Waals surface area contributed by atoms with E-state index >= 15 is 0 Å². The zero-order valence-corrected chi connectivity index (χ0v) is 14.6. The second kappa shape index (κ2) is 10.2. The van der Waals surface area contributed by atoms with Crippen LogP contribution in [0.3, 0.4) is 0 Å². The van der Waals surface area contributed by atoms with Gasteiger partial charge in [0.2, 0.25) is 0 Å². The molecule has 0 spiro atoms. The molecule has 0 amide bonds. The minimum absolute atomic E-state index is 0.168. The summed E-state index contributed by atoms with van der Waals surface area (Å²) in [6, 6.07) is 0. The molecule has 1 aliphatic rings. The van der Waals surface area contributed by atoms with Crippen LogP contribution in [0.15, 0.2) is 24.3 Å². The third-order valence-electron chi connectivity index (χ3n) is 3.22. The van der Waals surface area contributed by atoms with Crippen molar-refractivity contribution in [3.63, 3.8) is 0 Å². The standard InChI is InChI=1S/C14H24O2.C4H6O2/c1-11(13(15)16-14(2,3)4)10-12-8-6-5-7-9-12;1-3-4(5)6-2/h10,12H,5-9H2,1-4H3;3H,1H2,2H3. The fraction of sp³-hybridized carbons (Fsp3) is 0.667. The summed E-state index contributed by atoms with van der Waals surface area (Å²) in [5.74, 6) is 0.0225. The van der Waals surface area contributed by atoms with Gasteiger partial charge >= 0.3 is 11.9 Å². The summed E-state index contributed by atoms with van der Waals surface area (Å²) >= 11 is 0. The molecule has 1 fully saturated rings. The molecular formula is C18H30O4. The average Bonchev–Trinajstić information content (AvgIpc) is 2.46. The van der Waals surface area contributed by atoms with Crippen molar-refractivity contribution in [2.75, 3.05) is 7.11 Å². The Morgan fingerprint density at radius 2 is 1.68 bits per heavy atom. The van der Waals surface area contributed by atoms with Crippen LogP contribution in [0, 0.1) is 5.92 Å². The molecule has 1 aliphatic carbocycles. The van der Waals surface area contributed by atoms with E-state index in [1.54, 1.807) is 0 Å². The summed E-state index contributed by atoms with van der Waals surface area (Å²) in [5.41, 5.74) is 0.375. The van der Waals surface area contributed by atoms with Gasteiger partial charge in [-0.15, -0.1) is 0 Å². The van der Waals surface area contributed by atoms with Gasteiger partial charge in [-0.25, -0.2) is 9.59 Å². The monoisotopic (exact) mass is 310 g/mol. The highest BCUT2D eigenvalue weighted by atomic mass is 16.6. The smallest absolute Gasteiger partial charge is 0.333 e. The largest absolute Gasteiger partial charge is 0.466 e. The molecule has 126 valence electrons. The number of carbonyl (C=O) groups excluding carboxylic acids is 2. The third kappa shape index (κ3) is 10.2. The fourth-order valence-electron chi connectivity index (χ4n) is 2.16. The SMILES string of the molecule is C=CC(=O)OC.CC(=CC1CCCCC1)C(=O)OC(C)(C)C. The Morgan fingerprint density at radius 3 is 2.05 bits per heavy atom. The molecule has 1 saturated carbocycles. The lowest BCUT2D eigenvalue weighted by Gasteiger charge is -2.21. The molecule has 0 unspecified atom stereocenters. The molecule has 22 heavy (non-hydrogen) atoms. The predicted octanol–water partition coefficient (Wildman–Crippen LogP) is 4.20. The van der Waals surface area contributed by atoms with E-state index < -0.39 is 11.6 Å². The van der Waals surface area contributed by atoms with Crippen molar-refractivity contribution in [3.8, 4) is 0 Å². The number of rotatable bonds is 3. The van der Waals surface area contributed by atoms with E-state index in [1.165, 1.54) is 39.2 Å². The maximum atomic E-state index is 11.7. The minimum Gasteiger partial charge on any atom is -0.466 e. The van der Waals surface area contributed by atoms with Gasteiger partial charge in [0.15, 0.2) is 0 Å². The normalized spacial score (nSPS) is 16.1. The molecule has 0 aliphatic heterocycles. The first-order chi connectivity index (χ1) is 10.2. The van der Waals surface area contributed by atoms with Crippen molar-refractivity contribution >= 4 is 11.9 Å². The summed E-state index contributed by atoms with van der Waals surface area (Å²) in [5, 5.41) is 0. The number of hydrogen-bond acceptors (Lipinski definition) is 4. The van der Waals surface area contributed by atoms with Crippen LogP contribution in [0.1, 0.15) is 59.8 Å². The highest BCUT2D eigenvalue weighted by Crippen LogP contribution is 2.26. The van der Waals surface area contributed by atoms with E-state index in [-0.39, 0.29) is 5.97 Å². The molecule has 0 bridgehead atoms. The summed E-state index contributed by atoms with van der Waals surface area (Å²) in [6.45, 7) is 10.7. The third-order valence-corrected chi connectivity index (χ3v) is 3.22. The minimum atomic E-state index is -0.394. The fourth-order valence-corrected chi connectivity index (χ4v) is 2.16. The molecule has 1 rings (SSSR count). The lowest BCUT2D eigenvalue weighted by atomic mass is 9.88. The topological polar surface area (TPSA) is 52.6 Å². The molecule has 0 aromatic rings. The van der Waals surface area contributed by atoms with Crippen LogP contribution in [0.4, 0.5) is 0 Å². The van der Waals surface area contributed by atoms with E-state index in [9.17, 15) is 9.59 Å². The van der Waals surface area contributed by atoms with E-state index in [0.29, 0.717) is 5.92 Å². The van der Waals surface area contributed by atoms with Crippen molar-refractivity contribution in [3.05, 3.63) is 24.3 Å². The van der Waals surface area contributed by atoms with Crippen LogP contribution in [-0.2, 0) is 19.1 Å². The highest BCUT2D eigenvalue weighted by molar-refractivity contribution is 5.88. The van der Waals surface area contributed by atoms with Crippen molar-refractivity contribution in [1.29, 1.82) is 0 Å². The van der Waals surface area contributed by atoms with Gasteiger partial charge in [0.1, 0.15) is 5.60 Å². The lowest BCUT2D eigenvalue weighted by Crippen LogP contribution is -2.24.